The van der Waals surface area contributed by atoms with E-state index in [1.165, 1.54) is 0 Å². The Morgan fingerprint density at radius 2 is 1.90 bits per heavy atom. The van der Waals surface area contributed by atoms with E-state index >= 15 is 0 Å². The zero-order valence-corrected chi connectivity index (χ0v) is 11.5. The van der Waals surface area contributed by atoms with Gasteiger partial charge in [-0.3, -0.25) is 0 Å². The fraction of sp³-hybridized carbons (Fsp3) is 0.267. The number of aromatic nitrogens is 4. The second-order valence-electron chi connectivity index (χ2n) is 4.91. The molecule has 0 aliphatic rings. The third kappa shape index (κ3) is 2.28. The van der Waals surface area contributed by atoms with Gasteiger partial charge in [-0.2, -0.15) is 0 Å². The van der Waals surface area contributed by atoms with E-state index in [1.807, 2.05) is 42.8 Å². The van der Waals surface area contributed by atoms with Gasteiger partial charge in [0.1, 0.15) is 11.9 Å². The smallest absolute Gasteiger partial charge is 0.157 e. The van der Waals surface area contributed by atoms with Crippen molar-refractivity contribution in [1.82, 2.24) is 19.5 Å². The summed E-state index contributed by atoms with van der Waals surface area (Å²) >= 11 is 0. The summed E-state index contributed by atoms with van der Waals surface area (Å²) < 4.78 is 1.99. The molecular formula is C15H16N4O. The molecule has 0 aliphatic heterocycles. The van der Waals surface area contributed by atoms with Crippen molar-refractivity contribution >= 4 is 11.0 Å². The van der Waals surface area contributed by atoms with Crippen molar-refractivity contribution in [2.75, 3.05) is 0 Å². The highest BCUT2D eigenvalue weighted by atomic mass is 16.3. The fourth-order valence-corrected chi connectivity index (χ4v) is 2.22. The third-order valence-electron chi connectivity index (χ3n) is 3.35. The van der Waals surface area contributed by atoms with Crippen LogP contribution >= 0.6 is 0 Å². The van der Waals surface area contributed by atoms with Crippen LogP contribution in [-0.4, -0.2) is 24.6 Å². The first-order chi connectivity index (χ1) is 9.65. The van der Waals surface area contributed by atoms with Crippen molar-refractivity contribution in [3.63, 3.8) is 0 Å². The third-order valence-corrected chi connectivity index (χ3v) is 3.35. The molecular weight excluding hydrogens is 252 g/mol. The molecule has 1 aromatic carbocycles. The molecule has 3 rings (SSSR count). The topological polar surface area (TPSA) is 63.8 Å². The van der Waals surface area contributed by atoms with Crippen molar-refractivity contribution in [3.8, 4) is 0 Å². The normalized spacial score (nSPS) is 12.8. The molecule has 20 heavy (non-hydrogen) atoms. The molecule has 5 nitrogen and oxygen atoms in total. The summed E-state index contributed by atoms with van der Waals surface area (Å²) in [6.45, 7) is 1.92. The SMILES string of the molecule is Cc1cnc(C(O)Cc2nc3ccccc3n2C)nc1. The van der Waals surface area contributed by atoms with Crippen LogP contribution in [0.25, 0.3) is 11.0 Å². The Balaban J connectivity index is 1.89. The number of fused-ring (bicyclic) bond motifs is 1. The van der Waals surface area contributed by atoms with E-state index in [4.69, 9.17) is 0 Å². The Hall–Kier alpha value is -2.27. The van der Waals surface area contributed by atoms with Gasteiger partial charge in [0.05, 0.1) is 11.0 Å². The highest BCUT2D eigenvalue weighted by Gasteiger charge is 2.16. The average molecular weight is 268 g/mol. The summed E-state index contributed by atoms with van der Waals surface area (Å²) in [7, 11) is 1.95. The van der Waals surface area contributed by atoms with Crippen LogP contribution in [0.3, 0.4) is 0 Å². The van der Waals surface area contributed by atoms with E-state index in [9.17, 15) is 5.11 Å². The van der Waals surface area contributed by atoms with Crippen molar-refractivity contribution < 1.29 is 5.11 Å². The summed E-state index contributed by atoms with van der Waals surface area (Å²) in [5.41, 5.74) is 2.96. The fourth-order valence-electron chi connectivity index (χ4n) is 2.22. The number of aliphatic hydroxyl groups is 1. The predicted molar refractivity (Wildman–Crippen MR) is 76.1 cm³/mol. The van der Waals surface area contributed by atoms with E-state index in [-0.39, 0.29) is 0 Å². The van der Waals surface area contributed by atoms with E-state index in [2.05, 4.69) is 15.0 Å². The summed E-state index contributed by atoms with van der Waals surface area (Å²) in [5, 5.41) is 10.2. The molecule has 2 aromatic heterocycles. The first-order valence-corrected chi connectivity index (χ1v) is 6.52. The molecule has 0 radical (unpaired) electrons. The number of aliphatic hydroxyl groups excluding tert-OH is 1. The molecule has 1 unspecified atom stereocenters. The van der Waals surface area contributed by atoms with Gasteiger partial charge in [-0.25, -0.2) is 15.0 Å². The van der Waals surface area contributed by atoms with Crippen molar-refractivity contribution in [1.29, 1.82) is 0 Å². The molecule has 1 N–H and O–H groups in total. The van der Waals surface area contributed by atoms with Crippen molar-refractivity contribution in [3.05, 3.63) is 53.9 Å². The van der Waals surface area contributed by atoms with Crippen LogP contribution in [0.4, 0.5) is 0 Å². The summed E-state index contributed by atoms with van der Waals surface area (Å²) in [6, 6.07) is 7.92. The van der Waals surface area contributed by atoms with Gasteiger partial charge in [0.15, 0.2) is 5.82 Å². The van der Waals surface area contributed by atoms with Gasteiger partial charge < -0.3 is 9.67 Å². The Morgan fingerprint density at radius 3 is 2.60 bits per heavy atom. The minimum Gasteiger partial charge on any atom is -0.385 e. The number of hydrogen-bond acceptors (Lipinski definition) is 4. The zero-order valence-electron chi connectivity index (χ0n) is 11.5. The molecule has 0 amide bonds. The van der Waals surface area contributed by atoms with Gasteiger partial charge in [-0.05, 0) is 24.6 Å². The Bertz CT molecular complexity index is 733. The maximum Gasteiger partial charge on any atom is 0.157 e. The van der Waals surface area contributed by atoms with Gasteiger partial charge >= 0.3 is 0 Å². The molecule has 5 heteroatoms. The van der Waals surface area contributed by atoms with E-state index < -0.39 is 6.10 Å². The van der Waals surface area contributed by atoms with Crippen LogP contribution in [0.5, 0.6) is 0 Å². The number of aryl methyl sites for hydroxylation is 2. The zero-order chi connectivity index (χ0) is 14.1. The lowest BCUT2D eigenvalue weighted by atomic mass is 10.2. The van der Waals surface area contributed by atoms with Crippen molar-refractivity contribution in [2.45, 2.75) is 19.4 Å². The largest absolute Gasteiger partial charge is 0.385 e. The summed E-state index contributed by atoms with van der Waals surface area (Å²) in [4.78, 5) is 12.9. The van der Waals surface area contributed by atoms with Crippen LogP contribution in [-0.2, 0) is 13.5 Å². The van der Waals surface area contributed by atoms with E-state index in [0.29, 0.717) is 12.2 Å². The Kier molecular flexibility index (Phi) is 3.20. The van der Waals surface area contributed by atoms with E-state index in [1.54, 1.807) is 12.4 Å². The molecule has 0 saturated heterocycles. The average Bonchev–Trinajstić information content (AvgIpc) is 2.77. The first-order valence-electron chi connectivity index (χ1n) is 6.52. The molecule has 2 heterocycles. The second-order valence-corrected chi connectivity index (χ2v) is 4.91. The molecule has 0 bridgehead atoms. The van der Waals surface area contributed by atoms with Crippen LogP contribution in [0.2, 0.25) is 0 Å². The number of benzene rings is 1. The lowest BCUT2D eigenvalue weighted by molar-refractivity contribution is 0.165. The highest BCUT2D eigenvalue weighted by Crippen LogP contribution is 2.19. The van der Waals surface area contributed by atoms with Crippen LogP contribution in [0, 0.1) is 6.92 Å². The van der Waals surface area contributed by atoms with E-state index in [0.717, 1.165) is 22.4 Å². The maximum atomic E-state index is 10.2. The van der Waals surface area contributed by atoms with Crippen LogP contribution < -0.4 is 0 Å². The Morgan fingerprint density at radius 1 is 1.20 bits per heavy atom. The predicted octanol–water partition coefficient (Wildman–Crippen LogP) is 1.95. The molecule has 1 atom stereocenters. The minimum absolute atomic E-state index is 0.397. The number of para-hydroxylation sites is 2. The standard InChI is InChI=1S/C15H16N4O/c1-10-8-16-15(17-9-10)13(20)7-14-18-11-5-3-4-6-12(11)19(14)2/h3-6,8-9,13,20H,7H2,1-2H3. The van der Waals surface area contributed by atoms with Crippen molar-refractivity contribution in [2.24, 2.45) is 7.05 Å². The molecule has 0 saturated carbocycles. The van der Waals surface area contributed by atoms with Gasteiger partial charge in [0.2, 0.25) is 0 Å². The maximum absolute atomic E-state index is 10.2. The number of imidazole rings is 1. The number of rotatable bonds is 3. The summed E-state index contributed by atoms with van der Waals surface area (Å²) in [5.74, 6) is 1.26. The molecule has 0 spiro atoms. The first kappa shape index (κ1) is 12.7. The second kappa shape index (κ2) is 5.02. The van der Waals surface area contributed by atoms with Gasteiger partial charge in [-0.1, -0.05) is 12.1 Å². The van der Waals surface area contributed by atoms with Crippen LogP contribution in [0.1, 0.15) is 23.3 Å². The molecule has 0 fully saturated rings. The minimum atomic E-state index is -0.744. The molecule has 0 aliphatic carbocycles. The lowest BCUT2D eigenvalue weighted by Crippen LogP contribution is -2.10. The monoisotopic (exact) mass is 268 g/mol. The van der Waals surface area contributed by atoms with Crippen LogP contribution in [0.15, 0.2) is 36.7 Å². The van der Waals surface area contributed by atoms with Gasteiger partial charge in [0, 0.05) is 25.9 Å². The van der Waals surface area contributed by atoms with Gasteiger partial charge in [0.25, 0.3) is 0 Å². The number of nitrogens with zero attached hydrogens (tertiary/aromatic N) is 4. The number of hydrogen-bond donors (Lipinski definition) is 1. The Labute approximate surface area is 117 Å². The molecule has 3 aromatic rings. The molecule has 102 valence electrons. The van der Waals surface area contributed by atoms with Gasteiger partial charge in [-0.15, -0.1) is 0 Å². The lowest BCUT2D eigenvalue weighted by Gasteiger charge is -2.09. The quantitative estimate of drug-likeness (QED) is 0.788. The summed E-state index contributed by atoms with van der Waals surface area (Å²) in [6.07, 6.45) is 3.07. The highest BCUT2D eigenvalue weighted by molar-refractivity contribution is 5.75.